The maximum Gasteiger partial charge on any atom is 0.253 e. The molecule has 1 spiro atoms. The Kier molecular flexibility index (Phi) is 5.86. The van der Waals surface area contributed by atoms with E-state index in [2.05, 4.69) is 10.3 Å². The molecule has 0 radical (unpaired) electrons. The molecule has 1 aliphatic heterocycles. The number of hydrogen-bond donors (Lipinski definition) is 1. The highest BCUT2D eigenvalue weighted by atomic mass is 35.5. The number of aromatic nitrogens is 1. The topological polar surface area (TPSA) is 62.3 Å². The van der Waals surface area contributed by atoms with Crippen LogP contribution in [0.3, 0.4) is 0 Å². The van der Waals surface area contributed by atoms with E-state index < -0.39 is 0 Å². The number of halogens is 1. The van der Waals surface area contributed by atoms with Gasteiger partial charge < -0.3 is 10.2 Å². The zero-order valence-corrected chi connectivity index (χ0v) is 17.2. The highest BCUT2D eigenvalue weighted by Crippen LogP contribution is 2.59. The molecule has 1 aromatic heterocycles. The van der Waals surface area contributed by atoms with Crippen molar-refractivity contribution in [3.8, 4) is 0 Å². The van der Waals surface area contributed by atoms with Crippen molar-refractivity contribution in [3.63, 3.8) is 0 Å². The SMILES string of the molecule is O=C(NCCCc1ccncc1)[C@@H]1CC12CCN(C(=O)c1cccc(Cl)c1)CC2. The molecule has 1 atom stereocenters. The predicted octanol–water partition coefficient (Wildman–Crippen LogP) is 3.73. The van der Waals surface area contributed by atoms with Crippen molar-refractivity contribution in [2.75, 3.05) is 19.6 Å². The number of carbonyl (C=O) groups excluding carboxylic acids is 2. The lowest BCUT2D eigenvalue weighted by Crippen LogP contribution is -2.40. The van der Waals surface area contributed by atoms with Crippen LogP contribution in [0.4, 0.5) is 0 Å². The van der Waals surface area contributed by atoms with Gasteiger partial charge in [0.2, 0.25) is 5.91 Å². The van der Waals surface area contributed by atoms with Crippen LogP contribution in [0.1, 0.15) is 41.6 Å². The summed E-state index contributed by atoms with van der Waals surface area (Å²) in [6.07, 6.45) is 8.21. The number of amides is 2. The number of likely N-dealkylation sites (tertiary alicyclic amines) is 1. The third-order valence-corrected chi connectivity index (χ3v) is 6.55. The predicted molar refractivity (Wildman–Crippen MR) is 113 cm³/mol. The van der Waals surface area contributed by atoms with Gasteiger partial charge >= 0.3 is 0 Å². The van der Waals surface area contributed by atoms with Gasteiger partial charge in [-0.05, 0) is 73.4 Å². The van der Waals surface area contributed by atoms with E-state index in [-0.39, 0.29) is 23.1 Å². The smallest absolute Gasteiger partial charge is 0.253 e. The van der Waals surface area contributed by atoms with Gasteiger partial charge in [0, 0.05) is 48.5 Å². The monoisotopic (exact) mass is 411 g/mol. The summed E-state index contributed by atoms with van der Waals surface area (Å²) in [5.74, 6) is 0.307. The molecular formula is C23H26ClN3O2. The molecule has 2 amide bonds. The molecular weight excluding hydrogens is 386 g/mol. The molecule has 0 bridgehead atoms. The average molecular weight is 412 g/mol. The molecule has 1 N–H and O–H groups in total. The Morgan fingerprint density at radius 3 is 2.66 bits per heavy atom. The van der Waals surface area contributed by atoms with E-state index in [0.717, 1.165) is 32.1 Å². The van der Waals surface area contributed by atoms with Gasteiger partial charge in [-0.1, -0.05) is 17.7 Å². The van der Waals surface area contributed by atoms with Crippen LogP contribution in [-0.4, -0.2) is 41.3 Å². The fourth-order valence-corrected chi connectivity index (χ4v) is 4.60. The zero-order valence-electron chi connectivity index (χ0n) is 16.4. The van der Waals surface area contributed by atoms with Crippen molar-refractivity contribution >= 4 is 23.4 Å². The van der Waals surface area contributed by atoms with Crippen molar-refractivity contribution in [2.45, 2.75) is 32.1 Å². The summed E-state index contributed by atoms with van der Waals surface area (Å²) in [6, 6.07) is 11.1. The molecule has 5 nitrogen and oxygen atoms in total. The fourth-order valence-electron chi connectivity index (χ4n) is 4.41. The Labute approximate surface area is 176 Å². The lowest BCUT2D eigenvalue weighted by atomic mass is 9.90. The minimum atomic E-state index is 0.0279. The number of pyridine rings is 1. The fraction of sp³-hybridized carbons (Fsp3) is 0.435. The van der Waals surface area contributed by atoms with Gasteiger partial charge in [-0.2, -0.15) is 0 Å². The number of benzene rings is 1. The molecule has 2 fully saturated rings. The normalized spacial score (nSPS) is 19.8. The number of nitrogens with one attached hydrogen (secondary N) is 1. The van der Waals surface area contributed by atoms with Crippen LogP contribution in [0.2, 0.25) is 5.02 Å². The number of aryl methyl sites for hydroxylation is 1. The molecule has 0 unspecified atom stereocenters. The maximum absolute atomic E-state index is 12.7. The Bertz CT molecular complexity index is 879. The summed E-state index contributed by atoms with van der Waals surface area (Å²) < 4.78 is 0. The lowest BCUT2D eigenvalue weighted by Gasteiger charge is -2.33. The summed E-state index contributed by atoms with van der Waals surface area (Å²) in [6.45, 7) is 2.11. The van der Waals surface area contributed by atoms with E-state index in [4.69, 9.17) is 11.6 Å². The average Bonchev–Trinajstić information content (AvgIpc) is 3.45. The van der Waals surface area contributed by atoms with Crippen LogP contribution in [0.15, 0.2) is 48.8 Å². The maximum atomic E-state index is 12.7. The second kappa shape index (κ2) is 8.54. The number of rotatable bonds is 6. The van der Waals surface area contributed by atoms with E-state index in [0.29, 0.717) is 30.2 Å². The van der Waals surface area contributed by atoms with Crippen LogP contribution in [0.5, 0.6) is 0 Å². The van der Waals surface area contributed by atoms with Gasteiger partial charge in [0.15, 0.2) is 0 Å². The molecule has 29 heavy (non-hydrogen) atoms. The van der Waals surface area contributed by atoms with Gasteiger partial charge in [0.05, 0.1) is 0 Å². The Balaban J connectivity index is 1.21. The molecule has 2 aliphatic rings. The van der Waals surface area contributed by atoms with E-state index in [1.807, 2.05) is 17.0 Å². The second-order valence-electron chi connectivity index (χ2n) is 8.17. The molecule has 2 heterocycles. The second-order valence-corrected chi connectivity index (χ2v) is 8.61. The molecule has 1 aliphatic carbocycles. The van der Waals surface area contributed by atoms with Crippen LogP contribution in [0, 0.1) is 11.3 Å². The highest BCUT2D eigenvalue weighted by Gasteiger charge is 2.58. The van der Waals surface area contributed by atoms with E-state index in [1.165, 1.54) is 5.56 Å². The lowest BCUT2D eigenvalue weighted by molar-refractivity contribution is -0.123. The van der Waals surface area contributed by atoms with Crippen LogP contribution in [-0.2, 0) is 11.2 Å². The largest absolute Gasteiger partial charge is 0.356 e. The van der Waals surface area contributed by atoms with Gasteiger partial charge in [-0.3, -0.25) is 14.6 Å². The first-order chi connectivity index (χ1) is 14.1. The zero-order chi connectivity index (χ0) is 20.3. The number of hydrogen-bond acceptors (Lipinski definition) is 3. The van der Waals surface area contributed by atoms with Crippen molar-refractivity contribution in [1.82, 2.24) is 15.2 Å². The Morgan fingerprint density at radius 1 is 1.17 bits per heavy atom. The first-order valence-electron chi connectivity index (χ1n) is 10.3. The van der Waals surface area contributed by atoms with Crippen molar-refractivity contribution in [1.29, 1.82) is 0 Å². The number of piperidine rings is 1. The minimum absolute atomic E-state index is 0.0279. The van der Waals surface area contributed by atoms with Gasteiger partial charge in [-0.15, -0.1) is 0 Å². The quantitative estimate of drug-likeness (QED) is 0.737. The molecule has 6 heteroatoms. The molecule has 1 saturated carbocycles. The molecule has 1 aromatic carbocycles. The van der Waals surface area contributed by atoms with Crippen LogP contribution < -0.4 is 5.32 Å². The van der Waals surface area contributed by atoms with Crippen molar-refractivity contribution < 1.29 is 9.59 Å². The Hall–Kier alpha value is -2.40. The Morgan fingerprint density at radius 2 is 1.93 bits per heavy atom. The van der Waals surface area contributed by atoms with Crippen molar-refractivity contribution in [3.05, 3.63) is 64.9 Å². The molecule has 1 saturated heterocycles. The summed E-state index contributed by atoms with van der Waals surface area (Å²) >= 11 is 6.01. The van der Waals surface area contributed by atoms with E-state index in [1.54, 1.807) is 36.7 Å². The number of carbonyl (C=O) groups is 2. The van der Waals surface area contributed by atoms with Gasteiger partial charge in [-0.25, -0.2) is 0 Å². The molecule has 4 rings (SSSR count). The third-order valence-electron chi connectivity index (χ3n) is 6.32. The van der Waals surface area contributed by atoms with Crippen LogP contribution >= 0.6 is 11.6 Å². The summed E-state index contributed by atoms with van der Waals surface area (Å²) in [4.78, 5) is 31.1. The molecule has 2 aromatic rings. The summed E-state index contributed by atoms with van der Waals surface area (Å²) in [7, 11) is 0. The van der Waals surface area contributed by atoms with Crippen molar-refractivity contribution in [2.24, 2.45) is 11.3 Å². The van der Waals surface area contributed by atoms with E-state index >= 15 is 0 Å². The van der Waals surface area contributed by atoms with Gasteiger partial charge in [0.25, 0.3) is 5.91 Å². The van der Waals surface area contributed by atoms with Gasteiger partial charge in [0.1, 0.15) is 0 Å². The summed E-state index contributed by atoms with van der Waals surface area (Å²) in [5, 5.41) is 3.68. The summed E-state index contributed by atoms with van der Waals surface area (Å²) in [5.41, 5.74) is 1.97. The van der Waals surface area contributed by atoms with E-state index in [9.17, 15) is 9.59 Å². The first kappa shape index (κ1) is 19.9. The standard InChI is InChI=1S/C23H26ClN3O2/c24-19-5-1-4-18(15-19)22(29)27-13-8-23(9-14-27)16-20(23)21(28)26-10-2-3-17-6-11-25-12-7-17/h1,4-7,11-12,15,20H,2-3,8-10,13-14,16H2,(H,26,28)/t20-/m0/s1. The number of nitrogens with zero attached hydrogens (tertiary/aromatic N) is 2. The third kappa shape index (κ3) is 4.61. The minimum Gasteiger partial charge on any atom is -0.356 e. The first-order valence-corrected chi connectivity index (χ1v) is 10.7. The van der Waals surface area contributed by atoms with Crippen LogP contribution in [0.25, 0.3) is 0 Å². The molecule has 152 valence electrons. The highest BCUT2D eigenvalue weighted by molar-refractivity contribution is 6.30.